The van der Waals surface area contributed by atoms with Gasteiger partial charge in [-0.3, -0.25) is 9.59 Å². The molecule has 5 nitrogen and oxygen atoms in total. The molecule has 0 atom stereocenters. The summed E-state index contributed by atoms with van der Waals surface area (Å²) in [5, 5.41) is 4.00. The van der Waals surface area contributed by atoms with Gasteiger partial charge in [0, 0.05) is 30.6 Å². The number of furan rings is 1. The number of carbonyl (C=O) groups excluding carboxylic acids is 2. The molecule has 3 aromatic rings. The zero-order chi connectivity index (χ0) is 20.9. The lowest BCUT2D eigenvalue weighted by atomic mass is 9.96. The zero-order valence-electron chi connectivity index (χ0n) is 17.4. The molecule has 156 valence electrons. The Morgan fingerprint density at radius 1 is 1.07 bits per heavy atom. The predicted molar refractivity (Wildman–Crippen MR) is 118 cm³/mol. The van der Waals surface area contributed by atoms with E-state index in [1.54, 1.807) is 0 Å². The highest BCUT2D eigenvalue weighted by molar-refractivity contribution is 5.96. The molecule has 5 heteroatoms. The Morgan fingerprint density at radius 2 is 1.80 bits per heavy atom. The minimum absolute atomic E-state index is 0.0289. The standard InChI is InChI=1S/C25H28N2O3/c1-2-5-18-8-10-20(11-9-18)24(28)26-17-19-12-14-27(15-13-19)25(29)23-16-21-6-3-4-7-22(21)30-23/h3-4,6-11,16,19H,2,5,12-15,17H2,1H3,(H,26,28). The van der Waals surface area contributed by atoms with Crippen molar-refractivity contribution in [3.8, 4) is 0 Å². The summed E-state index contributed by atoms with van der Waals surface area (Å²) in [6, 6.07) is 17.3. The van der Waals surface area contributed by atoms with Crippen LogP contribution in [0.4, 0.5) is 0 Å². The second-order valence-electron chi connectivity index (χ2n) is 8.04. The minimum atomic E-state index is -0.0548. The molecular weight excluding hydrogens is 376 g/mol. The molecule has 0 aliphatic carbocycles. The smallest absolute Gasteiger partial charge is 0.289 e. The van der Waals surface area contributed by atoms with Crippen LogP contribution in [0.15, 0.2) is 59.0 Å². The van der Waals surface area contributed by atoms with Crippen LogP contribution in [-0.2, 0) is 6.42 Å². The predicted octanol–water partition coefficient (Wildman–Crippen LogP) is 4.67. The molecule has 0 bridgehead atoms. The number of carbonyl (C=O) groups is 2. The van der Waals surface area contributed by atoms with E-state index in [2.05, 4.69) is 12.2 Å². The van der Waals surface area contributed by atoms with Gasteiger partial charge in [-0.05, 0) is 55.0 Å². The summed E-state index contributed by atoms with van der Waals surface area (Å²) in [5.41, 5.74) is 2.70. The Kier molecular flexibility index (Phi) is 6.17. The van der Waals surface area contributed by atoms with E-state index in [0.717, 1.165) is 36.7 Å². The first-order valence-corrected chi connectivity index (χ1v) is 10.8. The average Bonchev–Trinajstić information content (AvgIpc) is 3.22. The molecule has 1 aromatic heterocycles. The van der Waals surface area contributed by atoms with E-state index in [4.69, 9.17) is 4.42 Å². The second kappa shape index (κ2) is 9.16. The molecule has 1 fully saturated rings. The number of nitrogens with one attached hydrogen (secondary N) is 1. The van der Waals surface area contributed by atoms with Crippen molar-refractivity contribution in [2.24, 2.45) is 5.92 Å². The third kappa shape index (κ3) is 4.56. The van der Waals surface area contributed by atoms with Gasteiger partial charge in [0.05, 0.1) is 0 Å². The number of aryl methyl sites for hydroxylation is 1. The van der Waals surface area contributed by atoms with Gasteiger partial charge in [-0.25, -0.2) is 0 Å². The fraction of sp³-hybridized carbons (Fsp3) is 0.360. The molecule has 0 radical (unpaired) electrons. The Hall–Kier alpha value is -3.08. The molecule has 2 heterocycles. The highest BCUT2D eigenvalue weighted by Gasteiger charge is 2.26. The van der Waals surface area contributed by atoms with Crippen molar-refractivity contribution in [1.82, 2.24) is 10.2 Å². The molecule has 1 aliphatic heterocycles. The summed E-state index contributed by atoms with van der Waals surface area (Å²) in [7, 11) is 0. The lowest BCUT2D eigenvalue weighted by molar-refractivity contribution is 0.0655. The third-order valence-electron chi connectivity index (χ3n) is 5.84. The molecule has 0 spiro atoms. The number of rotatable bonds is 6. The number of likely N-dealkylation sites (tertiary alicyclic amines) is 1. The van der Waals surface area contributed by atoms with Crippen molar-refractivity contribution in [3.63, 3.8) is 0 Å². The third-order valence-corrected chi connectivity index (χ3v) is 5.84. The SMILES string of the molecule is CCCc1ccc(C(=O)NCC2CCN(C(=O)c3cc4ccccc4o3)CC2)cc1. The zero-order valence-corrected chi connectivity index (χ0v) is 17.4. The van der Waals surface area contributed by atoms with Gasteiger partial charge in [0.15, 0.2) is 5.76 Å². The number of benzene rings is 2. The molecule has 2 aromatic carbocycles. The van der Waals surface area contributed by atoms with Crippen molar-refractivity contribution in [2.45, 2.75) is 32.6 Å². The first-order chi connectivity index (χ1) is 14.6. The fourth-order valence-corrected chi connectivity index (χ4v) is 4.03. The maximum absolute atomic E-state index is 12.8. The van der Waals surface area contributed by atoms with E-state index < -0.39 is 0 Å². The van der Waals surface area contributed by atoms with Crippen molar-refractivity contribution in [1.29, 1.82) is 0 Å². The van der Waals surface area contributed by atoms with E-state index in [9.17, 15) is 9.59 Å². The lowest BCUT2D eigenvalue weighted by Gasteiger charge is -2.31. The minimum Gasteiger partial charge on any atom is -0.451 e. The van der Waals surface area contributed by atoms with Crippen molar-refractivity contribution < 1.29 is 14.0 Å². The van der Waals surface area contributed by atoms with Crippen LogP contribution in [-0.4, -0.2) is 36.3 Å². The normalized spacial score (nSPS) is 14.8. The topological polar surface area (TPSA) is 62.6 Å². The van der Waals surface area contributed by atoms with Gasteiger partial charge in [-0.1, -0.05) is 43.7 Å². The van der Waals surface area contributed by atoms with Gasteiger partial charge in [0.1, 0.15) is 5.58 Å². The van der Waals surface area contributed by atoms with Crippen LogP contribution in [0, 0.1) is 5.92 Å². The van der Waals surface area contributed by atoms with E-state index in [1.807, 2.05) is 59.5 Å². The largest absolute Gasteiger partial charge is 0.451 e. The van der Waals surface area contributed by atoms with Crippen LogP contribution in [0.1, 0.15) is 52.7 Å². The molecule has 2 amide bonds. The van der Waals surface area contributed by atoms with E-state index >= 15 is 0 Å². The Labute approximate surface area is 177 Å². The summed E-state index contributed by atoms with van der Waals surface area (Å²) in [6.45, 7) is 4.16. The summed E-state index contributed by atoms with van der Waals surface area (Å²) in [6.07, 6.45) is 3.89. The number of amides is 2. The first-order valence-electron chi connectivity index (χ1n) is 10.8. The Bertz CT molecular complexity index is 981. The summed E-state index contributed by atoms with van der Waals surface area (Å²) in [4.78, 5) is 27.0. The van der Waals surface area contributed by atoms with Gasteiger partial charge < -0.3 is 14.6 Å². The van der Waals surface area contributed by atoms with Crippen LogP contribution >= 0.6 is 0 Å². The molecule has 0 unspecified atom stereocenters. The summed E-state index contributed by atoms with van der Waals surface area (Å²) < 4.78 is 5.71. The summed E-state index contributed by atoms with van der Waals surface area (Å²) >= 11 is 0. The maximum Gasteiger partial charge on any atom is 0.289 e. The molecule has 1 N–H and O–H groups in total. The van der Waals surface area contributed by atoms with Crippen molar-refractivity contribution >= 4 is 22.8 Å². The highest BCUT2D eigenvalue weighted by Crippen LogP contribution is 2.23. The fourth-order valence-electron chi connectivity index (χ4n) is 4.03. The monoisotopic (exact) mass is 404 g/mol. The Balaban J connectivity index is 1.26. The lowest BCUT2D eigenvalue weighted by Crippen LogP contribution is -2.41. The Morgan fingerprint density at radius 3 is 2.50 bits per heavy atom. The quantitative estimate of drug-likeness (QED) is 0.649. The van der Waals surface area contributed by atoms with Gasteiger partial charge in [-0.15, -0.1) is 0 Å². The molecule has 4 rings (SSSR count). The van der Waals surface area contributed by atoms with Crippen molar-refractivity contribution in [3.05, 3.63) is 71.5 Å². The number of hydrogen-bond acceptors (Lipinski definition) is 3. The molecule has 1 saturated heterocycles. The number of hydrogen-bond donors (Lipinski definition) is 1. The van der Waals surface area contributed by atoms with Gasteiger partial charge in [-0.2, -0.15) is 0 Å². The molecule has 30 heavy (non-hydrogen) atoms. The summed E-state index contributed by atoms with van der Waals surface area (Å²) in [5.74, 6) is 0.696. The number of para-hydroxylation sites is 1. The van der Waals surface area contributed by atoms with Crippen LogP contribution in [0.2, 0.25) is 0 Å². The van der Waals surface area contributed by atoms with Crippen LogP contribution in [0.25, 0.3) is 11.0 Å². The molecule has 1 aliphatic rings. The number of nitrogens with zero attached hydrogens (tertiary/aromatic N) is 1. The number of piperidine rings is 1. The average molecular weight is 405 g/mol. The van der Waals surface area contributed by atoms with Crippen molar-refractivity contribution in [2.75, 3.05) is 19.6 Å². The van der Waals surface area contributed by atoms with E-state index in [0.29, 0.717) is 36.9 Å². The van der Waals surface area contributed by atoms with Crippen LogP contribution in [0.5, 0.6) is 0 Å². The highest BCUT2D eigenvalue weighted by atomic mass is 16.3. The second-order valence-corrected chi connectivity index (χ2v) is 8.04. The van der Waals surface area contributed by atoms with E-state index in [-0.39, 0.29) is 11.8 Å². The molecule has 0 saturated carbocycles. The number of fused-ring (bicyclic) bond motifs is 1. The molecular formula is C25H28N2O3. The van der Waals surface area contributed by atoms with Gasteiger partial charge in [0.2, 0.25) is 0 Å². The van der Waals surface area contributed by atoms with Gasteiger partial charge >= 0.3 is 0 Å². The van der Waals surface area contributed by atoms with Crippen LogP contribution in [0.3, 0.4) is 0 Å². The maximum atomic E-state index is 12.8. The van der Waals surface area contributed by atoms with Gasteiger partial charge in [0.25, 0.3) is 11.8 Å². The van der Waals surface area contributed by atoms with Crippen LogP contribution < -0.4 is 5.32 Å². The van der Waals surface area contributed by atoms with E-state index in [1.165, 1.54) is 5.56 Å². The first kappa shape index (κ1) is 20.2.